The maximum absolute atomic E-state index is 12.3. The van der Waals surface area contributed by atoms with Gasteiger partial charge in [0.25, 0.3) is 0 Å². The highest BCUT2D eigenvalue weighted by molar-refractivity contribution is 5.94. The van der Waals surface area contributed by atoms with Crippen LogP contribution in [-0.2, 0) is 9.53 Å². The minimum atomic E-state index is 0.170. The van der Waals surface area contributed by atoms with Gasteiger partial charge in [-0.15, -0.1) is 0 Å². The second kappa shape index (κ2) is 5.88. The van der Waals surface area contributed by atoms with Gasteiger partial charge < -0.3 is 15.0 Å². The lowest BCUT2D eigenvalue weighted by molar-refractivity contribution is -0.117. The van der Waals surface area contributed by atoms with Crippen LogP contribution in [0.1, 0.15) is 25.7 Å². The number of fused-ring (bicyclic) bond motifs is 1. The first-order valence-corrected chi connectivity index (χ1v) is 8.42. The Morgan fingerprint density at radius 1 is 1.18 bits per heavy atom. The van der Waals surface area contributed by atoms with E-state index in [0.29, 0.717) is 17.7 Å². The van der Waals surface area contributed by atoms with Crippen molar-refractivity contribution >= 4 is 17.4 Å². The molecule has 2 atom stereocenters. The SMILES string of the molecule is O=C(Nc1ccc(N2CCOCC2)cn1)C1[C@@H]2CCCC[C@@H]12. The molecule has 1 aliphatic heterocycles. The molecule has 1 N–H and O–H groups in total. The van der Waals surface area contributed by atoms with Gasteiger partial charge in [-0.2, -0.15) is 0 Å². The van der Waals surface area contributed by atoms with Gasteiger partial charge in [0.05, 0.1) is 25.1 Å². The first kappa shape index (κ1) is 14.0. The van der Waals surface area contributed by atoms with E-state index in [1.807, 2.05) is 18.3 Å². The summed E-state index contributed by atoms with van der Waals surface area (Å²) in [5.74, 6) is 2.36. The number of hydrogen-bond donors (Lipinski definition) is 1. The molecular weight excluding hydrogens is 278 g/mol. The predicted octanol–water partition coefficient (Wildman–Crippen LogP) is 2.29. The highest BCUT2D eigenvalue weighted by Crippen LogP contribution is 2.55. The van der Waals surface area contributed by atoms with E-state index in [0.717, 1.165) is 32.0 Å². The van der Waals surface area contributed by atoms with Gasteiger partial charge in [-0.25, -0.2) is 4.98 Å². The van der Waals surface area contributed by atoms with Crippen molar-refractivity contribution in [3.05, 3.63) is 18.3 Å². The molecule has 2 saturated carbocycles. The van der Waals surface area contributed by atoms with Crippen LogP contribution in [0.15, 0.2) is 18.3 Å². The van der Waals surface area contributed by atoms with Crippen molar-refractivity contribution in [1.29, 1.82) is 0 Å². The van der Waals surface area contributed by atoms with Crippen molar-refractivity contribution in [2.24, 2.45) is 17.8 Å². The Hall–Kier alpha value is -1.62. The van der Waals surface area contributed by atoms with Gasteiger partial charge in [0.15, 0.2) is 0 Å². The molecule has 3 aliphatic rings. The summed E-state index contributed by atoms with van der Waals surface area (Å²) in [7, 11) is 0. The van der Waals surface area contributed by atoms with Crippen molar-refractivity contribution in [3.8, 4) is 0 Å². The molecule has 0 unspecified atom stereocenters. The first-order chi connectivity index (χ1) is 10.8. The van der Waals surface area contributed by atoms with Crippen molar-refractivity contribution in [2.75, 3.05) is 36.5 Å². The van der Waals surface area contributed by atoms with E-state index in [2.05, 4.69) is 15.2 Å². The molecule has 1 aromatic heterocycles. The summed E-state index contributed by atoms with van der Waals surface area (Å²) < 4.78 is 5.36. The Labute approximate surface area is 131 Å². The fourth-order valence-electron chi connectivity index (χ4n) is 4.06. The molecule has 2 heterocycles. The number of rotatable bonds is 3. The summed E-state index contributed by atoms with van der Waals surface area (Å²) in [5, 5.41) is 3.00. The van der Waals surface area contributed by atoms with E-state index >= 15 is 0 Å². The van der Waals surface area contributed by atoms with Crippen molar-refractivity contribution in [2.45, 2.75) is 25.7 Å². The quantitative estimate of drug-likeness (QED) is 0.930. The van der Waals surface area contributed by atoms with Crippen LogP contribution in [0.3, 0.4) is 0 Å². The van der Waals surface area contributed by atoms with E-state index in [9.17, 15) is 4.79 Å². The number of carbonyl (C=O) groups excluding carboxylic acids is 1. The number of nitrogens with zero attached hydrogens (tertiary/aromatic N) is 2. The Kier molecular flexibility index (Phi) is 3.74. The summed E-state index contributed by atoms with van der Waals surface area (Å²) in [6, 6.07) is 3.95. The zero-order valence-corrected chi connectivity index (χ0v) is 12.8. The molecule has 5 heteroatoms. The second-order valence-corrected chi connectivity index (χ2v) is 6.63. The first-order valence-electron chi connectivity index (χ1n) is 8.42. The summed E-state index contributed by atoms with van der Waals surface area (Å²) in [6.07, 6.45) is 6.88. The van der Waals surface area contributed by atoms with Crippen molar-refractivity contribution in [3.63, 3.8) is 0 Å². The molecule has 0 radical (unpaired) electrons. The second-order valence-electron chi connectivity index (χ2n) is 6.63. The average Bonchev–Trinajstić information content (AvgIpc) is 3.31. The number of nitrogens with one attached hydrogen (secondary N) is 1. The topological polar surface area (TPSA) is 54.5 Å². The highest BCUT2D eigenvalue weighted by Gasteiger charge is 2.54. The molecule has 118 valence electrons. The van der Waals surface area contributed by atoms with Gasteiger partial charge in [-0.1, -0.05) is 12.8 Å². The molecule has 1 amide bonds. The molecule has 5 nitrogen and oxygen atoms in total. The van der Waals surface area contributed by atoms with Gasteiger partial charge in [0, 0.05) is 19.0 Å². The lowest BCUT2D eigenvalue weighted by Gasteiger charge is -2.28. The Bertz CT molecular complexity index is 527. The minimum Gasteiger partial charge on any atom is -0.378 e. The average molecular weight is 301 g/mol. The third-order valence-corrected chi connectivity index (χ3v) is 5.33. The Morgan fingerprint density at radius 3 is 2.55 bits per heavy atom. The molecule has 0 aromatic carbocycles. The number of amides is 1. The van der Waals surface area contributed by atoms with Crippen LogP contribution >= 0.6 is 0 Å². The lowest BCUT2D eigenvalue weighted by atomic mass is 10.0. The number of aromatic nitrogens is 1. The van der Waals surface area contributed by atoms with Gasteiger partial charge in [0.1, 0.15) is 5.82 Å². The van der Waals surface area contributed by atoms with E-state index in [-0.39, 0.29) is 11.8 Å². The largest absolute Gasteiger partial charge is 0.378 e. The summed E-state index contributed by atoms with van der Waals surface area (Å²) >= 11 is 0. The monoisotopic (exact) mass is 301 g/mol. The van der Waals surface area contributed by atoms with Gasteiger partial charge in [-0.3, -0.25) is 4.79 Å². The molecule has 0 bridgehead atoms. The molecular formula is C17H23N3O2. The van der Waals surface area contributed by atoms with E-state index < -0.39 is 0 Å². The minimum absolute atomic E-state index is 0.170. The fraction of sp³-hybridized carbons (Fsp3) is 0.647. The maximum atomic E-state index is 12.3. The van der Waals surface area contributed by atoms with Gasteiger partial charge in [0.2, 0.25) is 5.91 Å². The van der Waals surface area contributed by atoms with E-state index in [1.54, 1.807) is 0 Å². The zero-order valence-electron chi connectivity index (χ0n) is 12.8. The molecule has 4 rings (SSSR count). The zero-order chi connectivity index (χ0) is 14.9. The molecule has 22 heavy (non-hydrogen) atoms. The Morgan fingerprint density at radius 2 is 1.91 bits per heavy atom. The van der Waals surface area contributed by atoms with Gasteiger partial charge >= 0.3 is 0 Å². The number of anilines is 2. The molecule has 2 aliphatic carbocycles. The number of pyridine rings is 1. The molecule has 3 fully saturated rings. The van der Waals surface area contributed by atoms with Crippen LogP contribution in [0.2, 0.25) is 0 Å². The standard InChI is InChI=1S/C17H23N3O2/c21-17(16-13-3-1-2-4-14(13)16)19-15-6-5-12(11-18-15)20-7-9-22-10-8-20/h5-6,11,13-14,16H,1-4,7-10H2,(H,18,19,21)/t13-,14-/m1/s1. The third-order valence-electron chi connectivity index (χ3n) is 5.33. The highest BCUT2D eigenvalue weighted by atomic mass is 16.5. The predicted molar refractivity (Wildman–Crippen MR) is 84.8 cm³/mol. The van der Waals surface area contributed by atoms with Crippen LogP contribution < -0.4 is 10.2 Å². The Balaban J connectivity index is 1.36. The molecule has 1 saturated heterocycles. The normalized spacial score (nSPS) is 30.5. The van der Waals surface area contributed by atoms with E-state index in [4.69, 9.17) is 4.74 Å². The summed E-state index contributed by atoms with van der Waals surface area (Å²) in [4.78, 5) is 19.0. The molecule has 1 aromatic rings. The van der Waals surface area contributed by atoms with Crippen LogP contribution in [0.4, 0.5) is 11.5 Å². The number of ether oxygens (including phenoxy) is 1. The van der Waals surface area contributed by atoms with Crippen molar-refractivity contribution < 1.29 is 9.53 Å². The smallest absolute Gasteiger partial charge is 0.229 e. The number of hydrogen-bond acceptors (Lipinski definition) is 4. The maximum Gasteiger partial charge on any atom is 0.229 e. The van der Waals surface area contributed by atoms with Crippen molar-refractivity contribution in [1.82, 2.24) is 4.98 Å². The van der Waals surface area contributed by atoms with Crippen LogP contribution in [-0.4, -0.2) is 37.2 Å². The third kappa shape index (κ3) is 2.70. The van der Waals surface area contributed by atoms with Crippen LogP contribution in [0.5, 0.6) is 0 Å². The van der Waals surface area contributed by atoms with E-state index in [1.165, 1.54) is 25.7 Å². The number of morpholine rings is 1. The van der Waals surface area contributed by atoms with Crippen LogP contribution in [0.25, 0.3) is 0 Å². The summed E-state index contributed by atoms with van der Waals surface area (Å²) in [6.45, 7) is 3.34. The lowest BCUT2D eigenvalue weighted by Crippen LogP contribution is -2.36. The van der Waals surface area contributed by atoms with Gasteiger partial charge in [-0.05, 0) is 36.8 Å². The summed E-state index contributed by atoms with van der Waals surface area (Å²) in [5.41, 5.74) is 1.10. The molecule has 0 spiro atoms. The number of carbonyl (C=O) groups is 1. The van der Waals surface area contributed by atoms with Crippen LogP contribution in [0, 0.1) is 17.8 Å². The fourth-order valence-corrected chi connectivity index (χ4v) is 4.06.